The Balaban J connectivity index is 2.24. The maximum atomic E-state index is 11.9. The fraction of sp³-hybridized carbons (Fsp3) is 0. The van der Waals surface area contributed by atoms with Crippen molar-refractivity contribution in [2.75, 3.05) is 0 Å². The molecule has 0 heterocycles. The van der Waals surface area contributed by atoms with Crippen molar-refractivity contribution in [1.29, 1.82) is 0 Å². The molecular formula is C13H7Cl3O2. The Kier molecular flexibility index (Phi) is 4.12. The van der Waals surface area contributed by atoms with Crippen LogP contribution in [0.4, 0.5) is 0 Å². The van der Waals surface area contributed by atoms with Gasteiger partial charge < -0.3 is 4.74 Å². The van der Waals surface area contributed by atoms with Crippen LogP contribution < -0.4 is 4.74 Å². The van der Waals surface area contributed by atoms with E-state index in [0.29, 0.717) is 10.0 Å². The van der Waals surface area contributed by atoms with Crippen molar-refractivity contribution in [2.24, 2.45) is 0 Å². The van der Waals surface area contributed by atoms with Gasteiger partial charge in [-0.05, 0) is 30.3 Å². The summed E-state index contributed by atoms with van der Waals surface area (Å²) >= 11 is 17.6. The first-order chi connectivity index (χ1) is 8.58. The smallest absolute Gasteiger partial charge is 0.345 e. The van der Waals surface area contributed by atoms with E-state index in [-0.39, 0.29) is 16.3 Å². The van der Waals surface area contributed by atoms with E-state index in [2.05, 4.69) is 0 Å². The zero-order chi connectivity index (χ0) is 13.1. The summed E-state index contributed by atoms with van der Waals surface area (Å²) in [6, 6.07) is 11.2. The maximum absolute atomic E-state index is 11.9. The van der Waals surface area contributed by atoms with E-state index in [4.69, 9.17) is 39.5 Å². The molecule has 2 aromatic rings. The molecule has 0 fully saturated rings. The normalized spacial score (nSPS) is 10.2. The average Bonchev–Trinajstić information content (AvgIpc) is 2.33. The van der Waals surface area contributed by atoms with Gasteiger partial charge in [0, 0.05) is 5.02 Å². The van der Waals surface area contributed by atoms with E-state index in [1.165, 1.54) is 12.1 Å². The highest BCUT2D eigenvalue weighted by atomic mass is 35.5. The zero-order valence-corrected chi connectivity index (χ0v) is 11.3. The minimum absolute atomic E-state index is 0.242. The Hall–Kier alpha value is -1.22. The van der Waals surface area contributed by atoms with Gasteiger partial charge in [-0.2, -0.15) is 0 Å². The maximum Gasteiger partial charge on any atom is 0.345 e. The van der Waals surface area contributed by atoms with E-state index in [9.17, 15) is 4.79 Å². The zero-order valence-electron chi connectivity index (χ0n) is 8.99. The molecule has 0 atom stereocenters. The van der Waals surface area contributed by atoms with Crippen LogP contribution in [0.25, 0.3) is 0 Å². The van der Waals surface area contributed by atoms with E-state index >= 15 is 0 Å². The fourth-order valence-electron chi connectivity index (χ4n) is 1.34. The van der Waals surface area contributed by atoms with Crippen molar-refractivity contribution in [3.63, 3.8) is 0 Å². The Morgan fingerprint density at radius 1 is 0.944 bits per heavy atom. The highest BCUT2D eigenvalue weighted by Crippen LogP contribution is 2.28. The average molecular weight is 302 g/mol. The molecule has 0 aliphatic heterocycles. The molecule has 18 heavy (non-hydrogen) atoms. The molecule has 0 N–H and O–H groups in total. The van der Waals surface area contributed by atoms with Crippen LogP contribution in [0, 0.1) is 0 Å². The van der Waals surface area contributed by atoms with Crippen LogP contribution in [0.3, 0.4) is 0 Å². The molecule has 2 aromatic carbocycles. The van der Waals surface area contributed by atoms with Gasteiger partial charge in [-0.1, -0.05) is 46.9 Å². The van der Waals surface area contributed by atoms with Crippen LogP contribution in [0.15, 0.2) is 42.5 Å². The van der Waals surface area contributed by atoms with Gasteiger partial charge in [0.25, 0.3) is 0 Å². The van der Waals surface area contributed by atoms with E-state index in [1.807, 2.05) is 0 Å². The summed E-state index contributed by atoms with van der Waals surface area (Å²) in [4.78, 5) is 11.9. The molecule has 0 amide bonds. The first-order valence-corrected chi connectivity index (χ1v) is 6.13. The second-order valence-electron chi connectivity index (χ2n) is 3.44. The number of carbonyl (C=O) groups is 1. The van der Waals surface area contributed by atoms with Gasteiger partial charge in [-0.25, -0.2) is 4.79 Å². The number of ether oxygens (including phenoxy) is 1. The molecule has 92 valence electrons. The molecule has 0 unspecified atom stereocenters. The lowest BCUT2D eigenvalue weighted by Gasteiger charge is -2.07. The van der Waals surface area contributed by atoms with Crippen molar-refractivity contribution in [1.82, 2.24) is 0 Å². The molecule has 5 heteroatoms. The molecule has 0 aliphatic carbocycles. The lowest BCUT2D eigenvalue weighted by atomic mass is 10.2. The Morgan fingerprint density at radius 3 is 2.33 bits per heavy atom. The summed E-state index contributed by atoms with van der Waals surface area (Å²) in [5, 5.41) is 1.06. The molecule has 0 bridgehead atoms. The first-order valence-electron chi connectivity index (χ1n) is 4.99. The van der Waals surface area contributed by atoms with Crippen LogP contribution in [-0.4, -0.2) is 5.97 Å². The first kappa shape index (κ1) is 13.2. The SMILES string of the molecule is O=C(Oc1ccc(Cl)cc1Cl)c1ccccc1Cl. The van der Waals surface area contributed by atoms with Gasteiger partial charge in [0.1, 0.15) is 5.75 Å². The third kappa shape index (κ3) is 2.96. The van der Waals surface area contributed by atoms with Gasteiger partial charge in [-0.15, -0.1) is 0 Å². The third-order valence-corrected chi connectivity index (χ3v) is 3.05. The molecule has 0 spiro atoms. The summed E-state index contributed by atoms with van der Waals surface area (Å²) in [5.74, 6) is -0.323. The number of hydrogen-bond donors (Lipinski definition) is 0. The summed E-state index contributed by atoms with van der Waals surface area (Å²) in [7, 11) is 0. The Bertz CT molecular complexity index is 597. The second kappa shape index (κ2) is 5.61. The van der Waals surface area contributed by atoms with E-state index in [0.717, 1.165) is 0 Å². The molecule has 0 aliphatic rings. The number of rotatable bonds is 2. The van der Waals surface area contributed by atoms with Crippen molar-refractivity contribution in [3.8, 4) is 5.75 Å². The van der Waals surface area contributed by atoms with E-state index in [1.54, 1.807) is 30.3 Å². The van der Waals surface area contributed by atoms with Crippen molar-refractivity contribution >= 4 is 40.8 Å². The number of esters is 1. The fourth-order valence-corrected chi connectivity index (χ4v) is 2.00. The number of hydrogen-bond acceptors (Lipinski definition) is 2. The van der Waals surface area contributed by atoms with Crippen molar-refractivity contribution in [3.05, 3.63) is 63.1 Å². The van der Waals surface area contributed by atoms with Gasteiger partial charge in [-0.3, -0.25) is 0 Å². The van der Waals surface area contributed by atoms with Crippen LogP contribution in [0.2, 0.25) is 15.1 Å². The predicted molar refractivity (Wildman–Crippen MR) is 72.9 cm³/mol. The van der Waals surface area contributed by atoms with E-state index < -0.39 is 5.97 Å². The van der Waals surface area contributed by atoms with Crippen molar-refractivity contribution < 1.29 is 9.53 Å². The van der Waals surface area contributed by atoms with Crippen LogP contribution in [0.5, 0.6) is 5.75 Å². The van der Waals surface area contributed by atoms with Crippen LogP contribution >= 0.6 is 34.8 Å². The third-order valence-electron chi connectivity index (χ3n) is 2.19. The van der Waals surface area contributed by atoms with Gasteiger partial charge >= 0.3 is 5.97 Å². The monoisotopic (exact) mass is 300 g/mol. The topological polar surface area (TPSA) is 26.3 Å². The summed E-state index contributed by atoms with van der Waals surface area (Å²) in [6.07, 6.45) is 0. The summed E-state index contributed by atoms with van der Waals surface area (Å²) in [6.45, 7) is 0. The van der Waals surface area contributed by atoms with Gasteiger partial charge in [0.15, 0.2) is 0 Å². The molecule has 0 saturated carbocycles. The summed E-state index contributed by atoms with van der Waals surface area (Å²) < 4.78 is 5.15. The molecule has 0 aromatic heterocycles. The molecule has 2 rings (SSSR count). The minimum Gasteiger partial charge on any atom is -0.421 e. The lowest BCUT2D eigenvalue weighted by Crippen LogP contribution is -2.09. The predicted octanol–water partition coefficient (Wildman–Crippen LogP) is 4.87. The summed E-state index contributed by atoms with van der Waals surface area (Å²) in [5.41, 5.74) is 0.283. The Labute approximate surface area is 119 Å². The number of carbonyl (C=O) groups excluding carboxylic acids is 1. The highest BCUT2D eigenvalue weighted by molar-refractivity contribution is 6.36. The molecule has 0 radical (unpaired) electrons. The van der Waals surface area contributed by atoms with Crippen molar-refractivity contribution in [2.45, 2.75) is 0 Å². The van der Waals surface area contributed by atoms with Crippen LogP contribution in [0.1, 0.15) is 10.4 Å². The number of halogens is 3. The second-order valence-corrected chi connectivity index (χ2v) is 4.69. The minimum atomic E-state index is -0.565. The lowest BCUT2D eigenvalue weighted by molar-refractivity contribution is 0.0735. The molecule has 0 saturated heterocycles. The largest absolute Gasteiger partial charge is 0.421 e. The molecule has 2 nitrogen and oxygen atoms in total. The van der Waals surface area contributed by atoms with Gasteiger partial charge in [0.05, 0.1) is 15.6 Å². The standard InChI is InChI=1S/C13H7Cl3O2/c14-8-5-6-12(11(16)7-8)18-13(17)9-3-1-2-4-10(9)15/h1-7H. The number of benzene rings is 2. The van der Waals surface area contributed by atoms with Crippen LogP contribution in [-0.2, 0) is 0 Å². The highest BCUT2D eigenvalue weighted by Gasteiger charge is 2.13. The quantitative estimate of drug-likeness (QED) is 0.584. The Morgan fingerprint density at radius 2 is 1.67 bits per heavy atom. The molecular weight excluding hydrogens is 294 g/mol. The van der Waals surface area contributed by atoms with Gasteiger partial charge in [0.2, 0.25) is 0 Å².